The number of halogens is 1. The first-order valence-electron chi connectivity index (χ1n) is 8.28. The van der Waals surface area contributed by atoms with Crippen molar-refractivity contribution in [2.45, 2.75) is 5.79 Å². The van der Waals surface area contributed by atoms with Crippen LogP contribution < -0.4 is 21.0 Å². The summed E-state index contributed by atoms with van der Waals surface area (Å²) in [5.74, 6) is 5.06. The van der Waals surface area contributed by atoms with Crippen LogP contribution >= 0.6 is 0 Å². The quantitative estimate of drug-likeness (QED) is 0.537. The summed E-state index contributed by atoms with van der Waals surface area (Å²) < 4.78 is 13.1. The number of rotatable bonds is 4. The van der Waals surface area contributed by atoms with E-state index >= 15 is 0 Å². The molecule has 0 radical (unpaired) electrons. The van der Waals surface area contributed by atoms with E-state index in [0.29, 0.717) is 23.5 Å². The number of amides is 2. The van der Waals surface area contributed by atoms with Crippen molar-refractivity contribution in [3.8, 4) is 11.8 Å². The second kappa shape index (κ2) is 7.67. The van der Waals surface area contributed by atoms with Crippen LogP contribution in [0.25, 0.3) is 0 Å². The van der Waals surface area contributed by atoms with Crippen LogP contribution in [-0.2, 0) is 0 Å². The van der Waals surface area contributed by atoms with Crippen LogP contribution in [0.1, 0.15) is 11.1 Å². The van der Waals surface area contributed by atoms with Crippen LogP contribution in [0.15, 0.2) is 36.8 Å². The Labute approximate surface area is 156 Å². The van der Waals surface area contributed by atoms with Crippen LogP contribution in [0.3, 0.4) is 0 Å². The highest BCUT2D eigenvalue weighted by atomic mass is 19.1. The van der Waals surface area contributed by atoms with E-state index in [1.165, 1.54) is 17.3 Å². The van der Waals surface area contributed by atoms with Crippen molar-refractivity contribution < 1.29 is 9.18 Å². The molecule has 2 aromatic rings. The number of pyridine rings is 2. The van der Waals surface area contributed by atoms with Gasteiger partial charge in [0.25, 0.3) is 0 Å². The summed E-state index contributed by atoms with van der Waals surface area (Å²) in [6, 6.07) is 4.56. The smallest absolute Gasteiger partial charge is 0.282 e. The van der Waals surface area contributed by atoms with Crippen LogP contribution in [0, 0.1) is 17.7 Å². The standard InChI is InChI=1S/C18H20FN7O/c1-20-18(21-2)12-25(17(27)26(18)22-3)16-7-6-13(10-24-16)4-5-14-8-15(19)11-23-9-14/h6-11,20-22H,12H2,1-3H3. The molecule has 0 bridgehead atoms. The molecule has 2 aromatic heterocycles. The third kappa shape index (κ3) is 3.59. The molecule has 140 valence electrons. The zero-order chi connectivity index (χ0) is 19.4. The second-order valence-electron chi connectivity index (χ2n) is 5.83. The molecular weight excluding hydrogens is 349 g/mol. The van der Waals surface area contributed by atoms with Gasteiger partial charge in [0.2, 0.25) is 0 Å². The van der Waals surface area contributed by atoms with Gasteiger partial charge in [0.05, 0.1) is 12.7 Å². The largest absolute Gasteiger partial charge is 0.343 e. The molecule has 0 spiro atoms. The Hall–Kier alpha value is -3.06. The Bertz CT molecular complexity index is 887. The molecule has 27 heavy (non-hydrogen) atoms. The first-order chi connectivity index (χ1) is 13.0. The van der Waals surface area contributed by atoms with E-state index in [2.05, 4.69) is 37.9 Å². The predicted molar refractivity (Wildman–Crippen MR) is 98.9 cm³/mol. The minimum absolute atomic E-state index is 0.238. The Morgan fingerprint density at radius 1 is 1.11 bits per heavy atom. The van der Waals surface area contributed by atoms with E-state index in [9.17, 15) is 9.18 Å². The molecule has 0 saturated carbocycles. The lowest BCUT2D eigenvalue weighted by molar-refractivity contribution is 0.0745. The monoisotopic (exact) mass is 369 g/mol. The van der Waals surface area contributed by atoms with E-state index in [4.69, 9.17) is 0 Å². The molecule has 0 aliphatic carbocycles. The van der Waals surface area contributed by atoms with E-state index in [1.54, 1.807) is 44.4 Å². The molecule has 0 unspecified atom stereocenters. The summed E-state index contributed by atoms with van der Waals surface area (Å²) in [6.45, 7) is 0.354. The molecule has 1 aliphatic heterocycles. The van der Waals surface area contributed by atoms with Gasteiger partial charge >= 0.3 is 6.03 Å². The number of hydrazine groups is 1. The van der Waals surface area contributed by atoms with Gasteiger partial charge in [-0.2, -0.15) is 0 Å². The third-order valence-corrected chi connectivity index (χ3v) is 4.32. The average Bonchev–Trinajstić information content (AvgIpc) is 2.99. The van der Waals surface area contributed by atoms with Gasteiger partial charge in [-0.05, 0) is 32.3 Å². The van der Waals surface area contributed by atoms with Crippen LogP contribution in [0.5, 0.6) is 0 Å². The number of hydrogen-bond donors (Lipinski definition) is 3. The number of likely N-dealkylation sites (N-methyl/N-ethyl adjacent to an activating group) is 2. The lowest BCUT2D eigenvalue weighted by Crippen LogP contribution is -2.68. The maximum absolute atomic E-state index is 13.1. The predicted octanol–water partition coefficient (Wildman–Crippen LogP) is 0.485. The van der Waals surface area contributed by atoms with Gasteiger partial charge in [-0.3, -0.25) is 20.5 Å². The summed E-state index contributed by atoms with van der Waals surface area (Å²) >= 11 is 0. The molecule has 0 atom stereocenters. The van der Waals surface area contributed by atoms with Crippen molar-refractivity contribution in [2.24, 2.45) is 0 Å². The third-order valence-electron chi connectivity index (χ3n) is 4.32. The van der Waals surface area contributed by atoms with Crippen LogP contribution in [0.4, 0.5) is 15.0 Å². The van der Waals surface area contributed by atoms with Crippen molar-refractivity contribution >= 4 is 11.8 Å². The molecule has 3 rings (SSSR count). The summed E-state index contributed by atoms with van der Waals surface area (Å²) in [5.41, 5.74) is 4.02. The Balaban J connectivity index is 1.81. The first kappa shape index (κ1) is 18.7. The highest BCUT2D eigenvalue weighted by Gasteiger charge is 2.49. The van der Waals surface area contributed by atoms with Gasteiger partial charge in [-0.15, -0.1) is 0 Å². The number of aromatic nitrogens is 2. The molecule has 3 N–H and O–H groups in total. The second-order valence-corrected chi connectivity index (χ2v) is 5.83. The maximum atomic E-state index is 13.1. The van der Waals surface area contributed by atoms with E-state index in [-0.39, 0.29) is 6.03 Å². The zero-order valence-corrected chi connectivity index (χ0v) is 15.2. The highest BCUT2D eigenvalue weighted by Crippen LogP contribution is 2.24. The molecular formula is C18H20FN7O. The Morgan fingerprint density at radius 3 is 2.41 bits per heavy atom. The topological polar surface area (TPSA) is 85.4 Å². The average molecular weight is 369 g/mol. The number of anilines is 1. The Kier molecular flexibility index (Phi) is 5.32. The van der Waals surface area contributed by atoms with Gasteiger partial charge in [0.1, 0.15) is 11.6 Å². The summed E-state index contributed by atoms with van der Waals surface area (Å²) in [5, 5.41) is 7.70. The SMILES string of the molecule is CNN1C(=O)N(c2ccc(C#Cc3cncc(F)c3)cn2)CC1(NC)NC. The summed E-state index contributed by atoms with van der Waals surface area (Å²) in [6.07, 6.45) is 4.19. The van der Waals surface area contributed by atoms with Gasteiger partial charge in [-0.25, -0.2) is 24.6 Å². The summed E-state index contributed by atoms with van der Waals surface area (Å²) in [4.78, 5) is 22.4. The van der Waals surface area contributed by atoms with Gasteiger partial charge < -0.3 is 0 Å². The fourth-order valence-corrected chi connectivity index (χ4v) is 2.87. The lowest BCUT2D eigenvalue weighted by Gasteiger charge is -2.35. The number of carbonyl (C=O) groups is 1. The molecule has 9 heteroatoms. The van der Waals surface area contributed by atoms with Crippen molar-refractivity contribution in [3.63, 3.8) is 0 Å². The minimum Gasteiger partial charge on any atom is -0.282 e. The normalized spacial score (nSPS) is 15.6. The molecule has 1 fully saturated rings. The fraction of sp³-hybridized carbons (Fsp3) is 0.278. The highest BCUT2D eigenvalue weighted by molar-refractivity contribution is 5.94. The van der Waals surface area contributed by atoms with Crippen molar-refractivity contribution in [1.29, 1.82) is 0 Å². The molecule has 1 aliphatic rings. The number of nitrogens with zero attached hydrogens (tertiary/aromatic N) is 4. The molecule has 1 saturated heterocycles. The van der Waals surface area contributed by atoms with Crippen LogP contribution in [0.2, 0.25) is 0 Å². The van der Waals surface area contributed by atoms with Crippen molar-refractivity contribution in [2.75, 3.05) is 32.6 Å². The molecule has 3 heterocycles. The first-order valence-corrected chi connectivity index (χ1v) is 8.28. The van der Waals surface area contributed by atoms with E-state index < -0.39 is 11.6 Å². The fourth-order valence-electron chi connectivity index (χ4n) is 2.87. The number of urea groups is 1. The van der Waals surface area contributed by atoms with E-state index in [0.717, 1.165) is 6.20 Å². The van der Waals surface area contributed by atoms with Gasteiger partial charge in [0, 0.05) is 30.6 Å². The molecule has 2 amide bonds. The Morgan fingerprint density at radius 2 is 1.85 bits per heavy atom. The number of carbonyl (C=O) groups excluding carboxylic acids is 1. The van der Waals surface area contributed by atoms with Crippen molar-refractivity contribution in [3.05, 3.63) is 53.7 Å². The summed E-state index contributed by atoms with van der Waals surface area (Å²) in [7, 11) is 5.22. The number of nitrogens with one attached hydrogen (secondary N) is 3. The van der Waals surface area contributed by atoms with Crippen molar-refractivity contribution in [1.82, 2.24) is 31.0 Å². The lowest BCUT2D eigenvalue weighted by atomic mass is 10.2. The zero-order valence-electron chi connectivity index (χ0n) is 15.2. The molecule has 8 nitrogen and oxygen atoms in total. The molecule has 0 aromatic carbocycles. The van der Waals surface area contributed by atoms with Gasteiger partial charge in [-0.1, -0.05) is 11.8 Å². The maximum Gasteiger partial charge on any atom is 0.343 e. The van der Waals surface area contributed by atoms with Crippen LogP contribution in [-0.4, -0.2) is 54.5 Å². The number of hydrogen-bond acceptors (Lipinski definition) is 6. The van der Waals surface area contributed by atoms with E-state index in [1.807, 2.05) is 0 Å². The van der Waals surface area contributed by atoms with Gasteiger partial charge in [0.15, 0.2) is 5.79 Å². The minimum atomic E-state index is -0.754.